The first-order valence-electron chi connectivity index (χ1n) is 9.81. The van der Waals surface area contributed by atoms with E-state index in [0.717, 1.165) is 5.52 Å². The summed E-state index contributed by atoms with van der Waals surface area (Å²) < 4.78 is 8.11. The predicted octanol–water partition coefficient (Wildman–Crippen LogP) is 3.11. The zero-order valence-electron chi connectivity index (χ0n) is 17.7. The van der Waals surface area contributed by atoms with Crippen LogP contribution in [0.3, 0.4) is 0 Å². The van der Waals surface area contributed by atoms with Gasteiger partial charge in [-0.15, -0.1) is 6.58 Å². The van der Waals surface area contributed by atoms with Gasteiger partial charge in [-0.1, -0.05) is 17.7 Å². The molecule has 0 aliphatic carbocycles. The Morgan fingerprint density at radius 3 is 2.61 bits per heavy atom. The number of aromatic nitrogens is 3. The van der Waals surface area contributed by atoms with Gasteiger partial charge in [-0.3, -0.25) is 0 Å². The summed E-state index contributed by atoms with van der Waals surface area (Å²) in [7, 11) is 1.32. The van der Waals surface area contributed by atoms with E-state index in [1.54, 1.807) is 19.9 Å². The van der Waals surface area contributed by atoms with Gasteiger partial charge in [0.2, 0.25) is 0 Å². The number of hydrogen-bond acceptors (Lipinski definition) is 6. The van der Waals surface area contributed by atoms with Crippen molar-refractivity contribution in [1.29, 1.82) is 0 Å². The summed E-state index contributed by atoms with van der Waals surface area (Å²) in [5, 5.41) is 35.2. The fourth-order valence-electron chi connectivity index (χ4n) is 4.11. The highest BCUT2D eigenvalue weighted by atomic mass is 35.5. The third-order valence-corrected chi connectivity index (χ3v) is 5.71. The van der Waals surface area contributed by atoms with Crippen molar-refractivity contribution in [3.05, 3.63) is 52.5 Å². The number of benzene rings is 1. The molecule has 0 saturated heterocycles. The van der Waals surface area contributed by atoms with Gasteiger partial charge in [0.1, 0.15) is 18.5 Å². The molecule has 0 fully saturated rings. The van der Waals surface area contributed by atoms with Gasteiger partial charge in [0.15, 0.2) is 0 Å². The number of fused-ring (bicyclic) bond motifs is 1. The van der Waals surface area contributed by atoms with E-state index in [0.29, 0.717) is 57.1 Å². The minimum atomic E-state index is -1.09. The Balaban J connectivity index is 2.47. The van der Waals surface area contributed by atoms with Gasteiger partial charge < -0.3 is 24.6 Å². The molecule has 0 bridgehead atoms. The Kier molecular flexibility index (Phi) is 6.86. The number of aliphatic hydroxyl groups is 3. The molecule has 2 aromatic heterocycles. The Morgan fingerprint density at radius 2 is 2.03 bits per heavy atom. The second kappa shape index (κ2) is 9.23. The van der Waals surface area contributed by atoms with Crippen LogP contribution in [-0.2, 0) is 18.0 Å². The maximum Gasteiger partial charge on any atom is 0.354 e. The van der Waals surface area contributed by atoms with Crippen LogP contribution < -0.4 is 0 Å². The van der Waals surface area contributed by atoms with Crippen molar-refractivity contribution < 1.29 is 24.9 Å². The number of hydrogen-bond donors (Lipinski definition) is 3. The van der Waals surface area contributed by atoms with Crippen molar-refractivity contribution >= 4 is 28.5 Å². The number of methoxy groups -OCH3 is 1. The van der Waals surface area contributed by atoms with Gasteiger partial charge in [0, 0.05) is 40.2 Å². The van der Waals surface area contributed by atoms with Gasteiger partial charge in [-0.05, 0) is 38.0 Å². The molecule has 1 unspecified atom stereocenters. The highest BCUT2D eigenvalue weighted by Gasteiger charge is 2.29. The van der Waals surface area contributed by atoms with Crippen LogP contribution in [0.15, 0.2) is 24.8 Å². The molecule has 0 spiro atoms. The molecule has 0 radical (unpaired) electrons. The average Bonchev–Trinajstić information content (AvgIpc) is 3.25. The number of aliphatic hydroxyl groups excluding tert-OH is 3. The van der Waals surface area contributed by atoms with E-state index in [4.69, 9.17) is 16.3 Å². The third-order valence-electron chi connectivity index (χ3n) is 5.40. The van der Waals surface area contributed by atoms with Crippen molar-refractivity contribution in [3.63, 3.8) is 0 Å². The van der Waals surface area contributed by atoms with E-state index in [9.17, 15) is 20.1 Å². The number of ether oxygens (including phenoxy) is 1. The molecule has 0 saturated carbocycles. The summed E-state index contributed by atoms with van der Waals surface area (Å²) in [4.78, 5) is 12.6. The monoisotopic (exact) mass is 447 g/mol. The summed E-state index contributed by atoms with van der Waals surface area (Å²) in [6.45, 7) is 7.16. The van der Waals surface area contributed by atoms with E-state index in [1.807, 2.05) is 10.6 Å². The topological polar surface area (TPSA) is 110 Å². The number of carbonyl (C=O) groups is 1. The second-order valence-electron chi connectivity index (χ2n) is 7.18. The number of halogens is 1. The lowest BCUT2D eigenvalue weighted by molar-refractivity contribution is 0.0587. The van der Waals surface area contributed by atoms with Gasteiger partial charge in [-0.2, -0.15) is 5.10 Å². The Bertz CT molecular complexity index is 1150. The predicted molar refractivity (Wildman–Crippen MR) is 118 cm³/mol. The molecule has 31 heavy (non-hydrogen) atoms. The van der Waals surface area contributed by atoms with Crippen molar-refractivity contribution in [2.24, 2.45) is 0 Å². The van der Waals surface area contributed by atoms with E-state index < -0.39 is 18.8 Å². The first kappa shape index (κ1) is 23.0. The molecule has 1 aromatic carbocycles. The largest absolute Gasteiger partial charge is 0.464 e. The maximum absolute atomic E-state index is 12.6. The summed E-state index contributed by atoms with van der Waals surface area (Å²) in [6, 6.07) is 3.53. The normalized spacial score (nSPS) is 12.4. The molecule has 2 heterocycles. The van der Waals surface area contributed by atoms with E-state index in [2.05, 4.69) is 11.7 Å². The molecule has 166 valence electrons. The van der Waals surface area contributed by atoms with Gasteiger partial charge in [0.25, 0.3) is 0 Å². The summed E-state index contributed by atoms with van der Waals surface area (Å²) in [5.74, 6) is -0.497. The zero-order chi connectivity index (χ0) is 22.9. The van der Waals surface area contributed by atoms with Crippen LogP contribution in [0, 0.1) is 13.8 Å². The number of esters is 1. The molecular formula is C22H26ClN3O5. The summed E-state index contributed by atoms with van der Waals surface area (Å²) >= 11 is 6.66. The number of nitrogens with zero attached hydrogens (tertiary/aromatic N) is 3. The van der Waals surface area contributed by atoms with Crippen molar-refractivity contribution in [3.8, 4) is 11.1 Å². The fraction of sp³-hybridized carbons (Fsp3) is 0.364. The molecule has 3 rings (SSSR count). The number of rotatable bonds is 8. The van der Waals surface area contributed by atoms with Crippen LogP contribution in [-0.4, -0.2) is 49.4 Å². The minimum absolute atomic E-state index is 0.0299. The molecular weight excluding hydrogens is 422 g/mol. The van der Waals surface area contributed by atoms with Crippen molar-refractivity contribution in [1.82, 2.24) is 14.3 Å². The maximum atomic E-state index is 12.6. The zero-order valence-corrected chi connectivity index (χ0v) is 18.5. The van der Waals surface area contributed by atoms with E-state index in [1.165, 1.54) is 17.9 Å². The first-order valence-corrected chi connectivity index (χ1v) is 10.2. The average molecular weight is 448 g/mol. The fourth-order valence-corrected chi connectivity index (χ4v) is 4.36. The van der Waals surface area contributed by atoms with Crippen molar-refractivity contribution in [2.75, 3.05) is 13.7 Å². The first-order chi connectivity index (χ1) is 14.8. The molecule has 3 aromatic rings. The van der Waals surface area contributed by atoms with Crippen LogP contribution >= 0.6 is 11.6 Å². The molecule has 0 aliphatic rings. The van der Waals surface area contributed by atoms with Gasteiger partial charge >= 0.3 is 5.97 Å². The standard InChI is InChI=1S/C22H26ClN3O5/c1-5-16(29)21-18(13(3)24-26(21)11-28)19-14(23)7-8-15-17(19)12(2)20(22(30)31-4)25(15)9-6-10-27/h5,7-8,16,27-29H,1,6,9-11H2,2-4H3. The van der Waals surface area contributed by atoms with E-state index in [-0.39, 0.29) is 6.61 Å². The molecule has 0 aliphatic heterocycles. The summed E-state index contributed by atoms with van der Waals surface area (Å²) in [5.41, 5.74) is 3.84. The van der Waals surface area contributed by atoms with Crippen LogP contribution in [0.2, 0.25) is 5.02 Å². The lowest BCUT2D eigenvalue weighted by Gasteiger charge is -2.14. The number of aryl methyl sites for hydroxylation is 3. The smallest absolute Gasteiger partial charge is 0.354 e. The minimum Gasteiger partial charge on any atom is -0.464 e. The lowest BCUT2D eigenvalue weighted by atomic mass is 9.95. The van der Waals surface area contributed by atoms with Crippen LogP contribution in [0.5, 0.6) is 0 Å². The highest BCUT2D eigenvalue weighted by Crippen LogP contribution is 2.43. The van der Waals surface area contributed by atoms with Gasteiger partial charge in [-0.25, -0.2) is 9.48 Å². The van der Waals surface area contributed by atoms with Gasteiger partial charge in [0.05, 0.1) is 18.5 Å². The highest BCUT2D eigenvalue weighted by molar-refractivity contribution is 6.35. The molecule has 8 nitrogen and oxygen atoms in total. The molecule has 1 atom stereocenters. The number of carbonyl (C=O) groups excluding carboxylic acids is 1. The Morgan fingerprint density at radius 1 is 1.32 bits per heavy atom. The SMILES string of the molecule is C=CC(O)c1c(-c2c(Cl)ccc3c2c(C)c(C(=O)OC)n3CCCO)c(C)nn1CO. The Labute approximate surface area is 184 Å². The molecule has 9 heteroatoms. The lowest BCUT2D eigenvalue weighted by Crippen LogP contribution is -2.12. The third kappa shape index (κ3) is 3.76. The van der Waals surface area contributed by atoms with E-state index >= 15 is 0 Å². The van der Waals surface area contributed by atoms with Crippen LogP contribution in [0.25, 0.3) is 22.0 Å². The summed E-state index contributed by atoms with van der Waals surface area (Å²) in [6.07, 6.45) is 0.707. The van der Waals surface area contributed by atoms with Crippen LogP contribution in [0.1, 0.15) is 40.0 Å². The quantitative estimate of drug-likeness (QED) is 0.361. The Hall–Kier alpha value is -2.65. The molecule has 0 amide bonds. The van der Waals surface area contributed by atoms with Crippen LogP contribution in [0.4, 0.5) is 0 Å². The van der Waals surface area contributed by atoms with Crippen molar-refractivity contribution in [2.45, 2.75) is 39.6 Å². The second-order valence-corrected chi connectivity index (χ2v) is 7.58. The molecule has 3 N–H and O–H groups in total.